The average molecular weight is 381 g/mol. The molecule has 2 aromatic rings. The van der Waals surface area contributed by atoms with Gasteiger partial charge in [-0.3, -0.25) is 0 Å². The van der Waals surface area contributed by atoms with E-state index >= 15 is 0 Å². The van der Waals surface area contributed by atoms with Crippen LogP contribution in [0.25, 0.3) is 0 Å². The van der Waals surface area contributed by atoms with Gasteiger partial charge in [0.25, 0.3) is 0 Å². The molecule has 0 atom stereocenters. The molecule has 0 amide bonds. The SMILES string of the molecule is CCNC(=NCc1ccc(S(=O)(=O)NC)cc1)NCc1sccc1C. The molecule has 0 aliphatic rings. The first kappa shape index (κ1) is 19.4. The van der Waals surface area contributed by atoms with Crippen molar-refractivity contribution in [1.29, 1.82) is 0 Å². The summed E-state index contributed by atoms with van der Waals surface area (Å²) in [7, 11) is -2.00. The molecule has 2 rings (SSSR count). The Hall–Kier alpha value is -1.90. The first-order valence-electron chi connectivity index (χ1n) is 8.04. The van der Waals surface area contributed by atoms with Gasteiger partial charge in [0.2, 0.25) is 10.0 Å². The van der Waals surface area contributed by atoms with Crippen LogP contribution >= 0.6 is 11.3 Å². The van der Waals surface area contributed by atoms with Gasteiger partial charge >= 0.3 is 0 Å². The van der Waals surface area contributed by atoms with E-state index in [1.807, 2.05) is 6.92 Å². The second-order valence-corrected chi connectivity index (χ2v) is 8.31. The molecule has 8 heteroatoms. The van der Waals surface area contributed by atoms with Gasteiger partial charge in [0.1, 0.15) is 0 Å². The lowest BCUT2D eigenvalue weighted by Gasteiger charge is -2.11. The molecule has 0 spiro atoms. The van der Waals surface area contributed by atoms with Crippen LogP contribution in [0.1, 0.15) is 22.9 Å². The lowest BCUT2D eigenvalue weighted by molar-refractivity contribution is 0.588. The summed E-state index contributed by atoms with van der Waals surface area (Å²) in [5.41, 5.74) is 2.22. The molecule has 6 nitrogen and oxygen atoms in total. The van der Waals surface area contributed by atoms with Crippen LogP contribution in [0.15, 0.2) is 45.6 Å². The number of nitrogens with one attached hydrogen (secondary N) is 3. The lowest BCUT2D eigenvalue weighted by Crippen LogP contribution is -2.36. The molecule has 1 heterocycles. The van der Waals surface area contributed by atoms with Crippen LogP contribution < -0.4 is 15.4 Å². The summed E-state index contributed by atoms with van der Waals surface area (Å²) in [4.78, 5) is 6.09. The highest BCUT2D eigenvalue weighted by atomic mass is 32.2. The molecule has 1 aromatic carbocycles. The zero-order valence-corrected chi connectivity index (χ0v) is 16.3. The molecule has 0 aliphatic heterocycles. The van der Waals surface area contributed by atoms with Gasteiger partial charge in [0, 0.05) is 11.4 Å². The van der Waals surface area contributed by atoms with Gasteiger partial charge in [-0.1, -0.05) is 12.1 Å². The number of nitrogens with zero attached hydrogens (tertiary/aromatic N) is 1. The van der Waals surface area contributed by atoms with Crippen LogP contribution in [-0.2, 0) is 23.1 Å². The normalized spacial score (nSPS) is 12.2. The van der Waals surface area contributed by atoms with E-state index in [1.54, 1.807) is 35.6 Å². The maximum atomic E-state index is 11.7. The third-order valence-electron chi connectivity index (χ3n) is 3.65. The Bertz CT molecular complexity index is 811. The highest BCUT2D eigenvalue weighted by Crippen LogP contribution is 2.15. The summed E-state index contributed by atoms with van der Waals surface area (Å²) in [6.45, 7) is 6.09. The van der Waals surface area contributed by atoms with Gasteiger partial charge < -0.3 is 10.6 Å². The quantitative estimate of drug-likeness (QED) is 0.508. The lowest BCUT2D eigenvalue weighted by atomic mass is 10.2. The van der Waals surface area contributed by atoms with E-state index in [4.69, 9.17) is 0 Å². The minimum Gasteiger partial charge on any atom is -0.357 e. The van der Waals surface area contributed by atoms with Crippen LogP contribution in [0.5, 0.6) is 0 Å². The molecule has 0 aliphatic carbocycles. The maximum absolute atomic E-state index is 11.7. The Morgan fingerprint density at radius 3 is 2.44 bits per heavy atom. The van der Waals surface area contributed by atoms with E-state index < -0.39 is 10.0 Å². The summed E-state index contributed by atoms with van der Waals surface area (Å²) in [6, 6.07) is 8.84. The minimum atomic E-state index is -3.40. The molecule has 0 saturated carbocycles. The van der Waals surface area contributed by atoms with Crippen molar-refractivity contribution in [2.75, 3.05) is 13.6 Å². The summed E-state index contributed by atoms with van der Waals surface area (Å²) in [5, 5.41) is 8.62. The number of guanidine groups is 1. The van der Waals surface area contributed by atoms with Crippen molar-refractivity contribution in [2.45, 2.75) is 31.8 Å². The number of benzene rings is 1. The van der Waals surface area contributed by atoms with E-state index in [2.05, 4.69) is 38.7 Å². The summed E-state index contributed by atoms with van der Waals surface area (Å²) < 4.78 is 25.8. The molecule has 0 bridgehead atoms. The van der Waals surface area contributed by atoms with Crippen molar-refractivity contribution in [3.63, 3.8) is 0 Å². The summed E-state index contributed by atoms with van der Waals surface area (Å²) in [6.07, 6.45) is 0. The predicted octanol–water partition coefficient (Wildman–Crippen LogP) is 2.22. The zero-order valence-electron chi connectivity index (χ0n) is 14.7. The highest BCUT2D eigenvalue weighted by molar-refractivity contribution is 7.89. The van der Waals surface area contributed by atoms with Gasteiger partial charge in [-0.25, -0.2) is 18.1 Å². The van der Waals surface area contributed by atoms with Gasteiger partial charge in [-0.15, -0.1) is 11.3 Å². The fourth-order valence-electron chi connectivity index (χ4n) is 2.15. The molecule has 0 saturated heterocycles. The third-order valence-corrected chi connectivity index (χ3v) is 6.10. The van der Waals surface area contributed by atoms with Crippen molar-refractivity contribution in [1.82, 2.24) is 15.4 Å². The Kier molecular flexibility index (Phi) is 6.98. The standard InChI is InChI=1S/C17H24N4O2S2/c1-4-19-17(21-12-16-13(2)9-10-24-16)20-11-14-5-7-15(8-6-14)25(22,23)18-3/h5-10,18H,4,11-12H2,1-3H3,(H2,19,20,21). The number of sulfonamides is 1. The van der Waals surface area contributed by atoms with Crippen molar-refractivity contribution >= 4 is 27.3 Å². The molecule has 1 aromatic heterocycles. The Balaban J connectivity index is 2.01. The first-order chi connectivity index (χ1) is 12.0. The molecule has 136 valence electrons. The van der Waals surface area contributed by atoms with E-state index in [1.165, 1.54) is 17.5 Å². The Morgan fingerprint density at radius 2 is 1.88 bits per heavy atom. The van der Waals surface area contributed by atoms with E-state index in [0.717, 1.165) is 24.6 Å². The molecular formula is C17H24N4O2S2. The molecule has 25 heavy (non-hydrogen) atoms. The second-order valence-electron chi connectivity index (χ2n) is 5.43. The predicted molar refractivity (Wildman–Crippen MR) is 103 cm³/mol. The average Bonchev–Trinajstić information content (AvgIpc) is 3.02. The van der Waals surface area contributed by atoms with Crippen molar-refractivity contribution in [2.24, 2.45) is 4.99 Å². The number of thiophene rings is 1. The van der Waals surface area contributed by atoms with Crippen molar-refractivity contribution in [3.05, 3.63) is 51.7 Å². The second kappa shape index (κ2) is 8.98. The molecule has 0 radical (unpaired) electrons. The minimum absolute atomic E-state index is 0.251. The maximum Gasteiger partial charge on any atom is 0.240 e. The van der Waals surface area contributed by atoms with E-state index in [-0.39, 0.29) is 4.90 Å². The first-order valence-corrected chi connectivity index (χ1v) is 10.4. The Labute approximate surface area is 153 Å². The number of aliphatic imine (C=N–C) groups is 1. The van der Waals surface area contributed by atoms with E-state index in [9.17, 15) is 8.42 Å². The van der Waals surface area contributed by atoms with Gasteiger partial charge in [-0.05, 0) is 55.6 Å². The van der Waals surface area contributed by atoms with Crippen LogP contribution in [-0.4, -0.2) is 28.0 Å². The van der Waals surface area contributed by atoms with Crippen molar-refractivity contribution in [3.8, 4) is 0 Å². The summed E-state index contributed by atoms with van der Waals surface area (Å²) in [5.74, 6) is 0.738. The summed E-state index contributed by atoms with van der Waals surface area (Å²) >= 11 is 1.72. The van der Waals surface area contributed by atoms with Gasteiger partial charge in [0.15, 0.2) is 5.96 Å². The number of rotatable bonds is 7. The molecule has 3 N–H and O–H groups in total. The highest BCUT2D eigenvalue weighted by Gasteiger charge is 2.10. The molecule has 0 unspecified atom stereocenters. The van der Waals surface area contributed by atoms with E-state index in [0.29, 0.717) is 6.54 Å². The van der Waals surface area contributed by atoms with Crippen LogP contribution in [0.2, 0.25) is 0 Å². The van der Waals surface area contributed by atoms with Gasteiger partial charge in [-0.2, -0.15) is 0 Å². The van der Waals surface area contributed by atoms with Crippen LogP contribution in [0, 0.1) is 6.92 Å². The Morgan fingerprint density at radius 1 is 1.16 bits per heavy atom. The largest absolute Gasteiger partial charge is 0.357 e. The number of hydrogen-bond acceptors (Lipinski definition) is 4. The zero-order chi connectivity index (χ0) is 18.3. The monoisotopic (exact) mass is 380 g/mol. The number of hydrogen-bond donors (Lipinski definition) is 3. The van der Waals surface area contributed by atoms with Crippen LogP contribution in [0.4, 0.5) is 0 Å². The topological polar surface area (TPSA) is 82.6 Å². The molecule has 0 fully saturated rings. The molecular weight excluding hydrogens is 356 g/mol. The fourth-order valence-corrected chi connectivity index (χ4v) is 3.73. The van der Waals surface area contributed by atoms with Gasteiger partial charge in [0.05, 0.1) is 18.0 Å². The van der Waals surface area contributed by atoms with Crippen LogP contribution in [0.3, 0.4) is 0 Å². The number of aryl methyl sites for hydroxylation is 1. The smallest absolute Gasteiger partial charge is 0.240 e. The fraction of sp³-hybridized carbons (Fsp3) is 0.353. The van der Waals surface area contributed by atoms with Crippen molar-refractivity contribution < 1.29 is 8.42 Å². The third kappa shape index (κ3) is 5.55.